The molecule has 5 heteroatoms. The fraction of sp³-hybridized carbons (Fsp3) is 0.867. The van der Waals surface area contributed by atoms with Gasteiger partial charge in [0.1, 0.15) is 0 Å². The second-order valence-electron chi connectivity index (χ2n) is 6.08. The van der Waals surface area contributed by atoms with Crippen LogP contribution in [0.5, 0.6) is 0 Å². The molecule has 2 aliphatic rings. The average Bonchev–Trinajstić information content (AvgIpc) is 2.66. The van der Waals surface area contributed by atoms with Crippen molar-refractivity contribution in [1.82, 2.24) is 9.80 Å². The quantitative estimate of drug-likeness (QED) is 0.783. The summed E-state index contributed by atoms with van der Waals surface area (Å²) in [7, 11) is 1.69. The van der Waals surface area contributed by atoms with E-state index in [1.165, 1.54) is 30.6 Å². The third-order valence-corrected chi connectivity index (χ3v) is 4.58. The molecule has 0 aromatic rings. The lowest BCUT2D eigenvalue weighted by atomic mass is 10.1. The summed E-state index contributed by atoms with van der Waals surface area (Å²) in [4.78, 5) is 27.9. The maximum absolute atomic E-state index is 12.2. The molecule has 2 fully saturated rings. The zero-order valence-corrected chi connectivity index (χ0v) is 12.4. The van der Waals surface area contributed by atoms with Gasteiger partial charge in [-0.15, -0.1) is 0 Å². The molecule has 114 valence electrons. The van der Waals surface area contributed by atoms with Crippen LogP contribution in [0.15, 0.2) is 0 Å². The third-order valence-electron chi connectivity index (χ3n) is 4.58. The Morgan fingerprint density at radius 1 is 1.30 bits per heavy atom. The monoisotopic (exact) mass is 282 g/mol. The first-order chi connectivity index (χ1) is 9.63. The molecule has 1 unspecified atom stereocenters. The van der Waals surface area contributed by atoms with E-state index in [-0.39, 0.29) is 24.3 Å². The number of hydrogen-bond donors (Lipinski definition) is 1. The fourth-order valence-electron chi connectivity index (χ4n) is 3.39. The van der Waals surface area contributed by atoms with Crippen LogP contribution in [0.25, 0.3) is 0 Å². The van der Waals surface area contributed by atoms with Crippen molar-refractivity contribution in [2.75, 3.05) is 26.7 Å². The molecule has 0 radical (unpaired) electrons. The predicted molar refractivity (Wildman–Crippen MR) is 76.0 cm³/mol. The Morgan fingerprint density at radius 2 is 1.95 bits per heavy atom. The third kappa shape index (κ3) is 3.51. The summed E-state index contributed by atoms with van der Waals surface area (Å²) in [5.74, 6) is -0.0986. The standard InChI is InChI=1S/C15H26N2O3/c1-16(8-9-18)15(20)12-10-14(19)17(11-12)13-6-4-2-3-5-7-13/h12-13,18H,2-11H2,1H3. The second kappa shape index (κ2) is 7.07. The highest BCUT2D eigenvalue weighted by Gasteiger charge is 2.38. The Morgan fingerprint density at radius 3 is 2.55 bits per heavy atom. The summed E-state index contributed by atoms with van der Waals surface area (Å²) >= 11 is 0. The molecule has 0 bridgehead atoms. The summed E-state index contributed by atoms with van der Waals surface area (Å²) < 4.78 is 0. The van der Waals surface area contributed by atoms with Gasteiger partial charge >= 0.3 is 0 Å². The van der Waals surface area contributed by atoms with Gasteiger partial charge in [-0.25, -0.2) is 0 Å². The molecule has 1 heterocycles. The number of aliphatic hydroxyl groups excluding tert-OH is 1. The number of aliphatic hydroxyl groups is 1. The van der Waals surface area contributed by atoms with E-state index in [9.17, 15) is 9.59 Å². The molecule has 1 atom stereocenters. The number of carbonyl (C=O) groups excluding carboxylic acids is 2. The van der Waals surface area contributed by atoms with Crippen LogP contribution in [0.1, 0.15) is 44.9 Å². The molecule has 1 aliphatic carbocycles. The topological polar surface area (TPSA) is 60.9 Å². The minimum atomic E-state index is -0.220. The molecule has 2 amide bonds. The van der Waals surface area contributed by atoms with Crippen LogP contribution in [-0.2, 0) is 9.59 Å². The fourth-order valence-corrected chi connectivity index (χ4v) is 3.39. The van der Waals surface area contributed by atoms with Crippen LogP contribution in [0.2, 0.25) is 0 Å². The predicted octanol–water partition coefficient (Wildman–Crippen LogP) is 1.01. The van der Waals surface area contributed by atoms with Gasteiger partial charge in [0, 0.05) is 32.6 Å². The maximum atomic E-state index is 12.2. The van der Waals surface area contributed by atoms with Gasteiger partial charge in [0.25, 0.3) is 0 Å². The van der Waals surface area contributed by atoms with Gasteiger partial charge in [-0.2, -0.15) is 0 Å². The van der Waals surface area contributed by atoms with Crippen molar-refractivity contribution < 1.29 is 14.7 Å². The van der Waals surface area contributed by atoms with Crippen molar-refractivity contribution in [3.05, 3.63) is 0 Å². The highest BCUT2D eigenvalue weighted by molar-refractivity contribution is 5.89. The van der Waals surface area contributed by atoms with Gasteiger partial charge in [0.15, 0.2) is 0 Å². The summed E-state index contributed by atoms with van der Waals surface area (Å²) in [6, 6.07) is 0.339. The Bertz CT molecular complexity index is 351. The molecule has 2 rings (SSSR count). The molecule has 1 saturated carbocycles. The highest BCUT2D eigenvalue weighted by Crippen LogP contribution is 2.28. The molecule has 20 heavy (non-hydrogen) atoms. The number of nitrogens with zero attached hydrogens (tertiary/aromatic N) is 2. The molecule has 1 N–H and O–H groups in total. The number of rotatable bonds is 4. The number of amides is 2. The van der Waals surface area contributed by atoms with Crippen LogP contribution < -0.4 is 0 Å². The van der Waals surface area contributed by atoms with E-state index in [2.05, 4.69) is 0 Å². The lowest BCUT2D eigenvalue weighted by Crippen LogP contribution is -2.39. The first kappa shape index (κ1) is 15.3. The van der Waals surface area contributed by atoms with E-state index in [0.29, 0.717) is 25.6 Å². The van der Waals surface area contributed by atoms with Crippen LogP contribution >= 0.6 is 0 Å². The van der Waals surface area contributed by atoms with Crippen molar-refractivity contribution in [2.45, 2.75) is 51.0 Å². The summed E-state index contributed by atoms with van der Waals surface area (Å²) in [5, 5.41) is 8.90. The first-order valence-corrected chi connectivity index (χ1v) is 7.78. The maximum Gasteiger partial charge on any atom is 0.227 e. The number of hydrogen-bond acceptors (Lipinski definition) is 3. The zero-order valence-electron chi connectivity index (χ0n) is 12.4. The van der Waals surface area contributed by atoms with Crippen LogP contribution in [0, 0.1) is 5.92 Å². The van der Waals surface area contributed by atoms with E-state index in [0.717, 1.165) is 12.8 Å². The van der Waals surface area contributed by atoms with Gasteiger partial charge in [0.05, 0.1) is 12.5 Å². The minimum absolute atomic E-state index is 0.0106. The number of carbonyl (C=O) groups is 2. The van der Waals surface area contributed by atoms with Crippen molar-refractivity contribution in [2.24, 2.45) is 5.92 Å². The average molecular weight is 282 g/mol. The van der Waals surface area contributed by atoms with Gasteiger partial charge in [-0.1, -0.05) is 25.7 Å². The number of likely N-dealkylation sites (N-methyl/N-ethyl adjacent to an activating group) is 1. The van der Waals surface area contributed by atoms with E-state index >= 15 is 0 Å². The summed E-state index contributed by atoms with van der Waals surface area (Å²) in [6.45, 7) is 0.875. The van der Waals surface area contributed by atoms with Crippen LogP contribution in [0.4, 0.5) is 0 Å². The highest BCUT2D eigenvalue weighted by atomic mass is 16.3. The lowest BCUT2D eigenvalue weighted by molar-refractivity contribution is -0.135. The minimum Gasteiger partial charge on any atom is -0.395 e. The molecule has 1 aliphatic heterocycles. The van der Waals surface area contributed by atoms with Gasteiger partial charge in [-0.05, 0) is 12.8 Å². The summed E-state index contributed by atoms with van der Waals surface area (Å²) in [6.07, 6.45) is 7.42. The smallest absolute Gasteiger partial charge is 0.227 e. The van der Waals surface area contributed by atoms with Gasteiger partial charge in [0.2, 0.25) is 11.8 Å². The Labute approximate surface area is 120 Å². The number of likely N-dealkylation sites (tertiary alicyclic amines) is 1. The Kier molecular flexibility index (Phi) is 5.40. The molecular weight excluding hydrogens is 256 g/mol. The molecule has 0 aromatic heterocycles. The SMILES string of the molecule is CN(CCO)C(=O)C1CC(=O)N(C2CCCCCC2)C1. The van der Waals surface area contributed by atoms with E-state index in [1.807, 2.05) is 4.90 Å². The van der Waals surface area contributed by atoms with Crippen molar-refractivity contribution >= 4 is 11.8 Å². The van der Waals surface area contributed by atoms with E-state index in [1.54, 1.807) is 7.05 Å². The molecule has 0 spiro atoms. The van der Waals surface area contributed by atoms with E-state index < -0.39 is 0 Å². The molecule has 1 saturated heterocycles. The summed E-state index contributed by atoms with van der Waals surface area (Å²) in [5.41, 5.74) is 0. The van der Waals surface area contributed by atoms with Crippen molar-refractivity contribution in [3.63, 3.8) is 0 Å². The lowest BCUT2D eigenvalue weighted by Gasteiger charge is -2.27. The Hall–Kier alpha value is -1.10. The van der Waals surface area contributed by atoms with Crippen LogP contribution in [-0.4, -0.2) is 59.5 Å². The molecule has 0 aromatic carbocycles. The zero-order chi connectivity index (χ0) is 14.5. The molecular formula is C15H26N2O3. The Balaban J connectivity index is 1.94. The normalized spacial score (nSPS) is 24.8. The van der Waals surface area contributed by atoms with Crippen molar-refractivity contribution in [3.8, 4) is 0 Å². The molecule has 5 nitrogen and oxygen atoms in total. The van der Waals surface area contributed by atoms with Crippen molar-refractivity contribution in [1.29, 1.82) is 0 Å². The second-order valence-corrected chi connectivity index (χ2v) is 6.08. The first-order valence-electron chi connectivity index (χ1n) is 7.78. The van der Waals surface area contributed by atoms with Crippen LogP contribution in [0.3, 0.4) is 0 Å². The van der Waals surface area contributed by atoms with Gasteiger partial charge in [-0.3, -0.25) is 9.59 Å². The van der Waals surface area contributed by atoms with Gasteiger partial charge < -0.3 is 14.9 Å². The van der Waals surface area contributed by atoms with E-state index in [4.69, 9.17) is 5.11 Å². The largest absolute Gasteiger partial charge is 0.395 e.